The van der Waals surface area contributed by atoms with Gasteiger partial charge in [0.05, 0.1) is 12.2 Å². The standard InChI is InChI=1S/C10H12N8O/c1-4-7-8(12-3-6-15-10(11)17-16-6)13-5(2)14-9(7)19-18-4/h3H2,1-2H3,(H,12,13,14)(H3,11,15,16,17). The van der Waals surface area contributed by atoms with Gasteiger partial charge in [0.2, 0.25) is 5.95 Å². The van der Waals surface area contributed by atoms with Gasteiger partial charge in [-0.1, -0.05) is 5.16 Å². The first-order chi connectivity index (χ1) is 9.13. The van der Waals surface area contributed by atoms with Gasteiger partial charge in [0.15, 0.2) is 0 Å². The summed E-state index contributed by atoms with van der Waals surface area (Å²) in [7, 11) is 0. The van der Waals surface area contributed by atoms with Crippen LogP contribution in [-0.2, 0) is 6.54 Å². The van der Waals surface area contributed by atoms with E-state index in [1.54, 1.807) is 6.92 Å². The molecular weight excluding hydrogens is 248 g/mol. The van der Waals surface area contributed by atoms with Gasteiger partial charge in [0, 0.05) is 0 Å². The van der Waals surface area contributed by atoms with Crippen molar-refractivity contribution in [1.82, 2.24) is 30.3 Å². The van der Waals surface area contributed by atoms with Gasteiger partial charge < -0.3 is 15.6 Å². The number of hydrogen-bond donors (Lipinski definition) is 3. The number of nitrogens with two attached hydrogens (primary N) is 1. The summed E-state index contributed by atoms with van der Waals surface area (Å²) >= 11 is 0. The summed E-state index contributed by atoms with van der Waals surface area (Å²) in [5.41, 5.74) is 6.63. The van der Waals surface area contributed by atoms with E-state index in [2.05, 4.69) is 35.6 Å². The number of nitrogens with zero attached hydrogens (tertiary/aromatic N) is 5. The van der Waals surface area contributed by atoms with Crippen molar-refractivity contribution in [2.75, 3.05) is 11.1 Å². The smallest absolute Gasteiger partial charge is 0.263 e. The molecule has 0 atom stereocenters. The molecule has 0 fully saturated rings. The molecule has 3 rings (SSSR count). The fourth-order valence-electron chi connectivity index (χ4n) is 1.78. The topological polar surface area (TPSA) is 131 Å². The van der Waals surface area contributed by atoms with Crippen molar-refractivity contribution in [3.05, 3.63) is 17.3 Å². The largest absolute Gasteiger partial charge is 0.367 e. The van der Waals surface area contributed by atoms with E-state index >= 15 is 0 Å². The Bertz CT molecular complexity index is 730. The molecule has 0 aliphatic heterocycles. The first-order valence-electron chi connectivity index (χ1n) is 5.64. The van der Waals surface area contributed by atoms with E-state index in [0.717, 1.165) is 11.1 Å². The summed E-state index contributed by atoms with van der Waals surface area (Å²) < 4.78 is 5.13. The van der Waals surface area contributed by atoms with Crippen molar-refractivity contribution in [2.24, 2.45) is 0 Å². The number of nitrogens with one attached hydrogen (secondary N) is 2. The van der Waals surface area contributed by atoms with Crippen LogP contribution in [0, 0.1) is 13.8 Å². The average molecular weight is 260 g/mol. The van der Waals surface area contributed by atoms with Gasteiger partial charge in [-0.05, 0) is 13.8 Å². The van der Waals surface area contributed by atoms with Crippen LogP contribution in [0.5, 0.6) is 0 Å². The lowest BCUT2D eigenvalue weighted by Crippen LogP contribution is -2.05. The SMILES string of the molecule is Cc1nc(NCc2nc(N)n[nH]2)c2c(C)noc2n1. The highest BCUT2D eigenvalue weighted by atomic mass is 16.5. The number of H-pyrrole nitrogens is 1. The summed E-state index contributed by atoms with van der Waals surface area (Å²) in [6, 6.07) is 0. The van der Waals surface area contributed by atoms with Crippen LogP contribution in [0.4, 0.5) is 11.8 Å². The fraction of sp³-hybridized carbons (Fsp3) is 0.300. The highest BCUT2D eigenvalue weighted by Gasteiger charge is 2.13. The molecule has 9 heteroatoms. The number of aromatic amines is 1. The lowest BCUT2D eigenvalue weighted by atomic mass is 10.3. The minimum atomic E-state index is 0.210. The zero-order valence-electron chi connectivity index (χ0n) is 10.4. The van der Waals surface area contributed by atoms with Crippen molar-refractivity contribution in [1.29, 1.82) is 0 Å². The Balaban J connectivity index is 1.93. The molecule has 3 aromatic rings. The summed E-state index contributed by atoms with van der Waals surface area (Å²) in [6.45, 7) is 4.04. The summed E-state index contributed by atoms with van der Waals surface area (Å²) in [5, 5.41) is 14.3. The van der Waals surface area contributed by atoms with Crippen molar-refractivity contribution >= 4 is 22.9 Å². The van der Waals surface area contributed by atoms with Crippen LogP contribution >= 0.6 is 0 Å². The maximum Gasteiger partial charge on any atom is 0.263 e. The molecule has 9 nitrogen and oxygen atoms in total. The van der Waals surface area contributed by atoms with Gasteiger partial charge in [0.1, 0.15) is 22.9 Å². The number of fused-ring (bicyclic) bond motifs is 1. The Morgan fingerprint density at radius 3 is 2.84 bits per heavy atom. The first kappa shape index (κ1) is 11.4. The molecule has 0 aliphatic rings. The maximum absolute atomic E-state index is 5.44. The molecule has 0 bridgehead atoms. The van der Waals surface area contributed by atoms with Crippen LogP contribution in [0.25, 0.3) is 11.1 Å². The van der Waals surface area contributed by atoms with Gasteiger partial charge >= 0.3 is 0 Å². The van der Waals surface area contributed by atoms with Crippen LogP contribution in [-0.4, -0.2) is 30.3 Å². The van der Waals surface area contributed by atoms with Gasteiger partial charge in [-0.15, -0.1) is 5.10 Å². The van der Waals surface area contributed by atoms with E-state index in [4.69, 9.17) is 10.3 Å². The monoisotopic (exact) mass is 260 g/mol. The minimum Gasteiger partial charge on any atom is -0.367 e. The molecule has 3 heterocycles. The van der Waals surface area contributed by atoms with E-state index in [1.165, 1.54) is 0 Å². The first-order valence-corrected chi connectivity index (χ1v) is 5.64. The summed E-state index contributed by atoms with van der Waals surface area (Å²) in [4.78, 5) is 12.5. The predicted octanol–water partition coefficient (Wildman–Crippen LogP) is 0.547. The minimum absolute atomic E-state index is 0.210. The molecule has 0 saturated carbocycles. The Labute approximate surface area is 107 Å². The second-order valence-corrected chi connectivity index (χ2v) is 4.06. The Kier molecular flexibility index (Phi) is 2.51. The van der Waals surface area contributed by atoms with Gasteiger partial charge in [-0.3, -0.25) is 5.10 Å². The summed E-state index contributed by atoms with van der Waals surface area (Å²) in [5.74, 6) is 2.08. The zero-order chi connectivity index (χ0) is 13.4. The second kappa shape index (κ2) is 4.19. The molecule has 0 radical (unpaired) electrons. The normalized spacial score (nSPS) is 11.1. The van der Waals surface area contributed by atoms with E-state index in [1.807, 2.05) is 6.92 Å². The highest BCUT2D eigenvalue weighted by molar-refractivity contribution is 5.87. The molecule has 0 aliphatic carbocycles. The molecule has 3 aromatic heterocycles. The number of rotatable bonds is 3. The predicted molar refractivity (Wildman–Crippen MR) is 67.2 cm³/mol. The molecule has 4 N–H and O–H groups in total. The van der Waals surface area contributed by atoms with Crippen molar-refractivity contribution in [2.45, 2.75) is 20.4 Å². The second-order valence-electron chi connectivity index (χ2n) is 4.06. The lowest BCUT2D eigenvalue weighted by molar-refractivity contribution is 0.442. The van der Waals surface area contributed by atoms with Crippen molar-refractivity contribution in [3.63, 3.8) is 0 Å². The van der Waals surface area contributed by atoms with Gasteiger partial charge in [-0.25, -0.2) is 4.98 Å². The lowest BCUT2D eigenvalue weighted by Gasteiger charge is -2.05. The quantitative estimate of drug-likeness (QED) is 0.622. The Morgan fingerprint density at radius 2 is 2.11 bits per heavy atom. The molecular formula is C10H12N8O. The van der Waals surface area contributed by atoms with E-state index in [9.17, 15) is 0 Å². The fourth-order valence-corrected chi connectivity index (χ4v) is 1.78. The molecule has 0 unspecified atom stereocenters. The molecule has 0 amide bonds. The highest BCUT2D eigenvalue weighted by Crippen LogP contribution is 2.23. The number of aromatic nitrogens is 6. The third-order valence-electron chi connectivity index (χ3n) is 2.59. The van der Waals surface area contributed by atoms with E-state index in [0.29, 0.717) is 29.7 Å². The number of nitrogen functional groups attached to an aromatic ring is 1. The molecule has 0 spiro atoms. The third kappa shape index (κ3) is 2.05. The Hall–Kier alpha value is -2.71. The molecule has 0 saturated heterocycles. The molecule has 0 aromatic carbocycles. The van der Waals surface area contributed by atoms with Crippen LogP contribution in [0.1, 0.15) is 17.3 Å². The number of anilines is 2. The summed E-state index contributed by atoms with van der Waals surface area (Å²) in [6.07, 6.45) is 0. The zero-order valence-corrected chi connectivity index (χ0v) is 10.4. The van der Waals surface area contributed by atoms with Crippen LogP contribution in [0.2, 0.25) is 0 Å². The van der Waals surface area contributed by atoms with Crippen LogP contribution in [0.3, 0.4) is 0 Å². The van der Waals surface area contributed by atoms with E-state index < -0.39 is 0 Å². The molecule has 19 heavy (non-hydrogen) atoms. The molecule has 98 valence electrons. The van der Waals surface area contributed by atoms with Crippen molar-refractivity contribution < 1.29 is 4.52 Å². The maximum atomic E-state index is 5.44. The number of aryl methyl sites for hydroxylation is 2. The van der Waals surface area contributed by atoms with Crippen LogP contribution < -0.4 is 11.1 Å². The van der Waals surface area contributed by atoms with Crippen molar-refractivity contribution in [3.8, 4) is 0 Å². The van der Waals surface area contributed by atoms with Gasteiger partial charge in [0.25, 0.3) is 5.71 Å². The average Bonchev–Trinajstić information content (AvgIpc) is 2.93. The number of hydrogen-bond acceptors (Lipinski definition) is 8. The van der Waals surface area contributed by atoms with Crippen LogP contribution in [0.15, 0.2) is 4.52 Å². The Morgan fingerprint density at radius 1 is 1.26 bits per heavy atom. The third-order valence-corrected chi connectivity index (χ3v) is 2.59. The van der Waals surface area contributed by atoms with E-state index in [-0.39, 0.29) is 5.95 Å². The van der Waals surface area contributed by atoms with Gasteiger partial charge in [-0.2, -0.15) is 9.97 Å².